The van der Waals surface area contributed by atoms with Crippen LogP contribution < -0.4 is 5.32 Å². The molecule has 0 aromatic rings. The van der Waals surface area contributed by atoms with E-state index in [1.807, 2.05) is 4.90 Å². The molecule has 1 fully saturated rings. The van der Waals surface area contributed by atoms with Crippen LogP contribution in [0.3, 0.4) is 0 Å². The molecule has 0 spiro atoms. The molecule has 1 N–H and O–H groups in total. The van der Waals surface area contributed by atoms with Gasteiger partial charge in [0.15, 0.2) is 0 Å². The van der Waals surface area contributed by atoms with Crippen LogP contribution in [0.15, 0.2) is 0 Å². The molecule has 1 heterocycles. The number of hydrogen-bond donors (Lipinski definition) is 1. The Labute approximate surface area is 86.9 Å². The van der Waals surface area contributed by atoms with Gasteiger partial charge in [0.2, 0.25) is 5.91 Å². The van der Waals surface area contributed by atoms with Gasteiger partial charge in [0.05, 0.1) is 12.7 Å². The average molecular weight is 198 g/mol. The number of carbonyl (C=O) groups is 1. The van der Waals surface area contributed by atoms with Crippen molar-refractivity contribution in [1.29, 1.82) is 0 Å². The molecule has 3 nitrogen and oxygen atoms in total. The van der Waals surface area contributed by atoms with Crippen LogP contribution in [0.2, 0.25) is 0 Å². The average Bonchev–Trinajstić information content (AvgIpc) is 2.50. The summed E-state index contributed by atoms with van der Waals surface area (Å²) in [6.45, 7) is 8.13. The lowest BCUT2D eigenvalue weighted by Crippen LogP contribution is -2.33. The standard InChI is InChI=1S/C11H22N2O/c1-4-6-10-11(14)13(8-12-10)7-9(3)5-2/h9-10,12H,4-8H2,1-3H3. The molecule has 0 bridgehead atoms. The maximum atomic E-state index is 11.8. The van der Waals surface area contributed by atoms with Gasteiger partial charge in [0.1, 0.15) is 0 Å². The van der Waals surface area contributed by atoms with E-state index in [4.69, 9.17) is 0 Å². The summed E-state index contributed by atoms with van der Waals surface area (Å²) >= 11 is 0. The number of carbonyl (C=O) groups excluding carboxylic acids is 1. The van der Waals surface area contributed by atoms with Crippen molar-refractivity contribution in [2.24, 2.45) is 5.92 Å². The van der Waals surface area contributed by atoms with Crippen LogP contribution in [0.5, 0.6) is 0 Å². The normalized spacial score (nSPS) is 24.4. The first kappa shape index (κ1) is 11.5. The summed E-state index contributed by atoms with van der Waals surface area (Å²) < 4.78 is 0. The first-order valence-corrected chi connectivity index (χ1v) is 5.71. The van der Waals surface area contributed by atoms with Crippen LogP contribution in [0, 0.1) is 5.92 Å². The molecular formula is C11H22N2O. The first-order chi connectivity index (χ1) is 6.69. The van der Waals surface area contributed by atoms with E-state index < -0.39 is 0 Å². The van der Waals surface area contributed by atoms with Crippen LogP contribution in [0.1, 0.15) is 40.0 Å². The van der Waals surface area contributed by atoms with Gasteiger partial charge in [-0.25, -0.2) is 0 Å². The van der Waals surface area contributed by atoms with Gasteiger partial charge in [-0.1, -0.05) is 33.6 Å². The highest BCUT2D eigenvalue weighted by Gasteiger charge is 2.30. The van der Waals surface area contributed by atoms with E-state index in [1.165, 1.54) is 0 Å². The van der Waals surface area contributed by atoms with Crippen molar-refractivity contribution < 1.29 is 4.79 Å². The Hall–Kier alpha value is -0.570. The molecule has 1 amide bonds. The van der Waals surface area contributed by atoms with Gasteiger partial charge >= 0.3 is 0 Å². The lowest BCUT2D eigenvalue weighted by molar-refractivity contribution is -0.129. The van der Waals surface area contributed by atoms with E-state index in [1.54, 1.807) is 0 Å². The first-order valence-electron chi connectivity index (χ1n) is 5.71. The molecule has 0 aliphatic carbocycles. The smallest absolute Gasteiger partial charge is 0.240 e. The second kappa shape index (κ2) is 5.35. The molecule has 1 aliphatic heterocycles. The Bertz CT molecular complexity index is 194. The highest BCUT2D eigenvalue weighted by atomic mass is 16.2. The molecule has 3 heteroatoms. The summed E-state index contributed by atoms with van der Waals surface area (Å²) in [6.07, 6.45) is 3.18. The predicted molar refractivity (Wildman–Crippen MR) is 57.9 cm³/mol. The van der Waals surface area contributed by atoms with Crippen molar-refractivity contribution in [3.8, 4) is 0 Å². The second-order valence-corrected chi connectivity index (χ2v) is 4.28. The monoisotopic (exact) mass is 198 g/mol. The minimum absolute atomic E-state index is 0.0871. The van der Waals surface area contributed by atoms with Crippen molar-refractivity contribution in [1.82, 2.24) is 10.2 Å². The molecule has 2 unspecified atom stereocenters. The summed E-state index contributed by atoms with van der Waals surface area (Å²) in [6, 6.07) is 0.0871. The highest BCUT2D eigenvalue weighted by molar-refractivity contribution is 5.83. The van der Waals surface area contributed by atoms with Crippen LogP contribution in [-0.4, -0.2) is 30.1 Å². The highest BCUT2D eigenvalue weighted by Crippen LogP contribution is 2.12. The molecular weight excluding hydrogens is 176 g/mol. The maximum Gasteiger partial charge on any atom is 0.240 e. The Morgan fingerprint density at radius 1 is 1.57 bits per heavy atom. The topological polar surface area (TPSA) is 32.3 Å². The van der Waals surface area contributed by atoms with Gasteiger partial charge in [-0.15, -0.1) is 0 Å². The van der Waals surface area contributed by atoms with Crippen molar-refractivity contribution in [3.05, 3.63) is 0 Å². The minimum atomic E-state index is 0.0871. The third-order valence-corrected chi connectivity index (χ3v) is 2.94. The van der Waals surface area contributed by atoms with Gasteiger partial charge in [0.25, 0.3) is 0 Å². The Morgan fingerprint density at radius 3 is 2.86 bits per heavy atom. The molecule has 0 radical (unpaired) electrons. The van der Waals surface area contributed by atoms with E-state index >= 15 is 0 Å². The van der Waals surface area contributed by atoms with Crippen molar-refractivity contribution >= 4 is 5.91 Å². The molecule has 0 saturated carbocycles. The summed E-state index contributed by atoms with van der Waals surface area (Å²) in [4.78, 5) is 13.8. The van der Waals surface area contributed by atoms with Gasteiger partial charge in [-0.2, -0.15) is 0 Å². The van der Waals surface area contributed by atoms with E-state index in [0.717, 1.165) is 32.5 Å². The summed E-state index contributed by atoms with van der Waals surface area (Å²) in [7, 11) is 0. The summed E-state index contributed by atoms with van der Waals surface area (Å²) in [5.74, 6) is 0.910. The predicted octanol–water partition coefficient (Wildman–Crippen LogP) is 1.59. The van der Waals surface area contributed by atoms with Crippen molar-refractivity contribution in [2.75, 3.05) is 13.2 Å². The number of rotatable bonds is 5. The molecule has 1 aliphatic rings. The SMILES string of the molecule is CCCC1NCN(CC(C)CC)C1=O. The van der Waals surface area contributed by atoms with Crippen LogP contribution in [0.25, 0.3) is 0 Å². The molecule has 1 rings (SSSR count). The third-order valence-electron chi connectivity index (χ3n) is 2.94. The Morgan fingerprint density at radius 2 is 2.29 bits per heavy atom. The summed E-state index contributed by atoms with van der Waals surface area (Å²) in [5, 5.41) is 3.26. The fourth-order valence-electron chi connectivity index (χ4n) is 1.78. The van der Waals surface area contributed by atoms with Crippen molar-refractivity contribution in [3.63, 3.8) is 0 Å². The van der Waals surface area contributed by atoms with Gasteiger partial charge in [0, 0.05) is 6.54 Å². The van der Waals surface area contributed by atoms with Crippen LogP contribution >= 0.6 is 0 Å². The van der Waals surface area contributed by atoms with Gasteiger partial charge in [-0.3, -0.25) is 10.1 Å². The quantitative estimate of drug-likeness (QED) is 0.727. The Kier molecular flexibility index (Phi) is 4.39. The maximum absolute atomic E-state index is 11.8. The molecule has 82 valence electrons. The zero-order valence-electron chi connectivity index (χ0n) is 9.55. The van der Waals surface area contributed by atoms with Gasteiger partial charge in [-0.05, 0) is 12.3 Å². The lowest BCUT2D eigenvalue weighted by atomic mass is 10.1. The number of amides is 1. The lowest BCUT2D eigenvalue weighted by Gasteiger charge is -2.19. The fourth-order valence-corrected chi connectivity index (χ4v) is 1.78. The molecule has 0 aromatic carbocycles. The molecule has 14 heavy (non-hydrogen) atoms. The summed E-state index contributed by atoms with van der Waals surface area (Å²) in [5.41, 5.74) is 0. The number of nitrogens with zero attached hydrogens (tertiary/aromatic N) is 1. The minimum Gasteiger partial charge on any atom is -0.328 e. The molecule has 1 saturated heterocycles. The number of nitrogens with one attached hydrogen (secondary N) is 1. The van der Waals surface area contributed by atoms with Crippen LogP contribution in [-0.2, 0) is 4.79 Å². The van der Waals surface area contributed by atoms with E-state index in [9.17, 15) is 4.79 Å². The van der Waals surface area contributed by atoms with E-state index in [2.05, 4.69) is 26.1 Å². The van der Waals surface area contributed by atoms with Crippen LogP contribution in [0.4, 0.5) is 0 Å². The van der Waals surface area contributed by atoms with Crippen molar-refractivity contribution in [2.45, 2.75) is 46.1 Å². The zero-order chi connectivity index (χ0) is 10.6. The Balaban J connectivity index is 2.39. The van der Waals surface area contributed by atoms with E-state index in [-0.39, 0.29) is 6.04 Å². The second-order valence-electron chi connectivity index (χ2n) is 4.28. The third kappa shape index (κ3) is 2.71. The van der Waals surface area contributed by atoms with E-state index in [0.29, 0.717) is 11.8 Å². The zero-order valence-corrected chi connectivity index (χ0v) is 9.55. The number of hydrogen-bond acceptors (Lipinski definition) is 2. The van der Waals surface area contributed by atoms with Gasteiger partial charge < -0.3 is 4.90 Å². The molecule has 2 atom stereocenters. The largest absolute Gasteiger partial charge is 0.328 e. The fraction of sp³-hybridized carbons (Fsp3) is 0.909. The molecule has 0 aromatic heterocycles.